The molecule has 3 aromatic heterocycles. The zero-order valence-corrected chi connectivity index (χ0v) is 17.6. The molecule has 3 N–H and O–H groups in total. The van der Waals surface area contributed by atoms with Gasteiger partial charge in [-0.05, 0) is 35.2 Å². The van der Waals surface area contributed by atoms with Gasteiger partial charge in [0.1, 0.15) is 11.3 Å². The number of amides is 2. The number of aromatic amines is 1. The predicted octanol–water partition coefficient (Wildman–Crippen LogP) is 4.02. The molecule has 0 fully saturated rings. The molecule has 0 aliphatic rings. The number of H-pyrrole nitrogens is 1. The summed E-state index contributed by atoms with van der Waals surface area (Å²) in [6, 6.07) is 21.7. The fourth-order valence-corrected chi connectivity index (χ4v) is 4.22. The second kappa shape index (κ2) is 8.16. The van der Waals surface area contributed by atoms with Crippen molar-refractivity contribution in [1.29, 1.82) is 0 Å². The number of nitrogens with one attached hydrogen (secondary N) is 3. The molecule has 0 saturated heterocycles. The Labute approximate surface area is 186 Å². The molecule has 7 nitrogen and oxygen atoms in total. The number of imidazole rings is 1. The first kappa shape index (κ1) is 19.8. The third-order valence-electron chi connectivity index (χ3n) is 5.13. The molecular formula is C24H18N4O3S. The molecule has 5 aromatic rings. The Morgan fingerprint density at radius 2 is 1.72 bits per heavy atom. The van der Waals surface area contributed by atoms with Crippen LogP contribution < -0.4 is 16.2 Å². The first-order chi connectivity index (χ1) is 15.6. The quantitative estimate of drug-likeness (QED) is 0.384. The minimum absolute atomic E-state index is 0.0375. The molecule has 32 heavy (non-hydrogen) atoms. The van der Waals surface area contributed by atoms with Crippen molar-refractivity contribution in [2.24, 2.45) is 0 Å². The van der Waals surface area contributed by atoms with Crippen molar-refractivity contribution in [3.05, 3.63) is 105 Å². The van der Waals surface area contributed by atoms with Crippen LogP contribution in [0.2, 0.25) is 0 Å². The van der Waals surface area contributed by atoms with E-state index in [1.54, 1.807) is 23.6 Å². The van der Waals surface area contributed by atoms with E-state index in [0.29, 0.717) is 28.1 Å². The number of carbonyl (C=O) groups is 2. The number of carbonyl (C=O) groups excluding carboxylic acids is 2. The fourth-order valence-electron chi connectivity index (χ4n) is 3.60. The lowest BCUT2D eigenvalue weighted by Crippen LogP contribution is -2.27. The van der Waals surface area contributed by atoms with Gasteiger partial charge in [-0.15, -0.1) is 11.3 Å². The standard InChI is InChI=1S/C24H18N4O3S/c29-22(25-14-15-7-2-1-3-8-15)16-13-18(27-23(30)20-11-6-12-32-20)24(31)28-19-10-5-4-9-17(19)26-21(16)28/h1-13,26H,14H2,(H,25,29)(H,27,30). The highest BCUT2D eigenvalue weighted by Crippen LogP contribution is 2.21. The van der Waals surface area contributed by atoms with Crippen LogP contribution in [0.3, 0.4) is 0 Å². The molecule has 158 valence electrons. The van der Waals surface area contributed by atoms with Gasteiger partial charge in [0.2, 0.25) is 0 Å². The summed E-state index contributed by atoms with van der Waals surface area (Å²) in [6.07, 6.45) is 0. The second-order valence-electron chi connectivity index (χ2n) is 7.20. The molecule has 0 unspecified atom stereocenters. The monoisotopic (exact) mass is 442 g/mol. The van der Waals surface area contributed by atoms with Gasteiger partial charge in [-0.25, -0.2) is 0 Å². The van der Waals surface area contributed by atoms with E-state index in [4.69, 9.17) is 0 Å². The van der Waals surface area contributed by atoms with Crippen LogP contribution in [0, 0.1) is 0 Å². The van der Waals surface area contributed by atoms with Crippen LogP contribution in [0.25, 0.3) is 16.7 Å². The number of para-hydroxylation sites is 2. The largest absolute Gasteiger partial charge is 0.348 e. The molecule has 8 heteroatoms. The third-order valence-corrected chi connectivity index (χ3v) is 6.00. The molecule has 0 spiro atoms. The maximum absolute atomic E-state index is 13.3. The maximum Gasteiger partial charge on any atom is 0.280 e. The van der Waals surface area contributed by atoms with Crippen molar-refractivity contribution >= 4 is 45.5 Å². The Kier molecular flexibility index (Phi) is 5.04. The summed E-state index contributed by atoms with van der Waals surface area (Å²) in [6.45, 7) is 0.335. The van der Waals surface area contributed by atoms with Gasteiger partial charge in [0.15, 0.2) is 0 Å². The normalized spacial score (nSPS) is 11.0. The number of anilines is 1. The summed E-state index contributed by atoms with van der Waals surface area (Å²) in [5, 5.41) is 7.35. The zero-order valence-electron chi connectivity index (χ0n) is 16.8. The van der Waals surface area contributed by atoms with Crippen molar-refractivity contribution in [2.45, 2.75) is 6.54 Å². The van der Waals surface area contributed by atoms with Crippen LogP contribution in [0.4, 0.5) is 5.69 Å². The van der Waals surface area contributed by atoms with Gasteiger partial charge < -0.3 is 15.6 Å². The van der Waals surface area contributed by atoms with Crippen molar-refractivity contribution < 1.29 is 9.59 Å². The van der Waals surface area contributed by atoms with Crippen molar-refractivity contribution in [3.8, 4) is 0 Å². The van der Waals surface area contributed by atoms with E-state index in [1.165, 1.54) is 21.8 Å². The molecule has 3 heterocycles. The van der Waals surface area contributed by atoms with E-state index >= 15 is 0 Å². The number of nitrogens with zero attached hydrogens (tertiary/aromatic N) is 1. The topological polar surface area (TPSA) is 95.5 Å². The van der Waals surface area contributed by atoms with E-state index in [0.717, 1.165) is 5.56 Å². The van der Waals surface area contributed by atoms with Crippen LogP contribution in [-0.2, 0) is 6.54 Å². The Balaban J connectivity index is 1.60. The van der Waals surface area contributed by atoms with Gasteiger partial charge in [0.25, 0.3) is 17.4 Å². The summed E-state index contributed by atoms with van der Waals surface area (Å²) < 4.78 is 1.43. The Hall–Kier alpha value is -4.17. The van der Waals surface area contributed by atoms with Gasteiger partial charge in [-0.1, -0.05) is 48.5 Å². The number of thiophene rings is 1. The number of aromatic nitrogens is 2. The van der Waals surface area contributed by atoms with Crippen LogP contribution in [0.5, 0.6) is 0 Å². The second-order valence-corrected chi connectivity index (χ2v) is 8.15. The lowest BCUT2D eigenvalue weighted by atomic mass is 10.2. The number of pyridine rings is 1. The molecule has 5 rings (SSSR count). The summed E-state index contributed by atoms with van der Waals surface area (Å²) in [5.74, 6) is -0.753. The average molecular weight is 443 g/mol. The van der Waals surface area contributed by atoms with Gasteiger partial charge >= 0.3 is 0 Å². The number of hydrogen-bond donors (Lipinski definition) is 3. The number of fused-ring (bicyclic) bond motifs is 3. The highest BCUT2D eigenvalue weighted by atomic mass is 32.1. The Morgan fingerprint density at radius 1 is 0.938 bits per heavy atom. The molecule has 2 amide bonds. The van der Waals surface area contributed by atoms with Gasteiger partial charge in [0, 0.05) is 6.54 Å². The van der Waals surface area contributed by atoms with Crippen molar-refractivity contribution in [3.63, 3.8) is 0 Å². The summed E-state index contributed by atoms with van der Waals surface area (Å²) in [5.41, 5.74) is 2.54. The van der Waals surface area contributed by atoms with Gasteiger partial charge in [-0.3, -0.25) is 18.8 Å². The summed E-state index contributed by atoms with van der Waals surface area (Å²) in [7, 11) is 0. The minimum atomic E-state index is -0.415. The molecule has 0 atom stereocenters. The fraction of sp³-hybridized carbons (Fsp3) is 0.0417. The molecule has 0 saturated carbocycles. The smallest absolute Gasteiger partial charge is 0.280 e. The third kappa shape index (κ3) is 3.57. The highest BCUT2D eigenvalue weighted by molar-refractivity contribution is 7.12. The lowest BCUT2D eigenvalue weighted by molar-refractivity contribution is 0.0950. The number of hydrogen-bond acceptors (Lipinski definition) is 4. The molecule has 0 aliphatic carbocycles. The van der Waals surface area contributed by atoms with Crippen molar-refractivity contribution in [1.82, 2.24) is 14.7 Å². The summed E-state index contributed by atoms with van der Waals surface area (Å²) in [4.78, 5) is 42.6. The van der Waals surface area contributed by atoms with Gasteiger partial charge in [0.05, 0.1) is 21.5 Å². The SMILES string of the molecule is O=C(Nc1cc(C(=O)NCc2ccccc2)c2[nH]c3ccccc3n2c1=O)c1cccs1. The maximum atomic E-state index is 13.3. The molecule has 2 aromatic carbocycles. The number of rotatable bonds is 5. The lowest BCUT2D eigenvalue weighted by Gasteiger charge is -2.10. The van der Waals surface area contributed by atoms with Gasteiger partial charge in [-0.2, -0.15) is 0 Å². The van der Waals surface area contributed by atoms with Crippen LogP contribution in [0.1, 0.15) is 25.6 Å². The minimum Gasteiger partial charge on any atom is -0.348 e. The van der Waals surface area contributed by atoms with Crippen LogP contribution in [0.15, 0.2) is 83.0 Å². The van der Waals surface area contributed by atoms with Crippen LogP contribution in [-0.4, -0.2) is 21.2 Å². The van der Waals surface area contributed by atoms with E-state index < -0.39 is 11.5 Å². The molecule has 0 bridgehead atoms. The Bertz CT molecular complexity index is 1500. The number of benzene rings is 2. The van der Waals surface area contributed by atoms with Crippen LogP contribution >= 0.6 is 11.3 Å². The average Bonchev–Trinajstić information content (AvgIpc) is 3.48. The van der Waals surface area contributed by atoms with E-state index in [2.05, 4.69) is 15.6 Å². The zero-order chi connectivity index (χ0) is 22.1. The Morgan fingerprint density at radius 3 is 2.50 bits per heavy atom. The van der Waals surface area contributed by atoms with E-state index in [9.17, 15) is 14.4 Å². The first-order valence-electron chi connectivity index (χ1n) is 9.95. The molecule has 0 aliphatic heterocycles. The predicted molar refractivity (Wildman–Crippen MR) is 125 cm³/mol. The summed E-state index contributed by atoms with van der Waals surface area (Å²) >= 11 is 1.27. The highest BCUT2D eigenvalue weighted by Gasteiger charge is 2.20. The van der Waals surface area contributed by atoms with E-state index in [1.807, 2.05) is 48.5 Å². The van der Waals surface area contributed by atoms with E-state index in [-0.39, 0.29) is 17.2 Å². The first-order valence-corrected chi connectivity index (χ1v) is 10.8. The van der Waals surface area contributed by atoms with Crippen molar-refractivity contribution in [2.75, 3.05) is 5.32 Å². The molecular weight excluding hydrogens is 424 g/mol. The molecule has 0 radical (unpaired) electrons.